The van der Waals surface area contributed by atoms with E-state index in [1.807, 2.05) is 18.2 Å². The molecule has 5 heterocycles. The van der Waals surface area contributed by atoms with E-state index in [0.29, 0.717) is 40.8 Å². The zero-order valence-corrected chi connectivity index (χ0v) is 29.6. The molecular weight excluding hydrogens is 680 g/mol. The first-order chi connectivity index (χ1) is 25.7. The number of urea groups is 1. The van der Waals surface area contributed by atoms with Crippen LogP contribution in [0.1, 0.15) is 45.5 Å². The smallest absolute Gasteiger partial charge is 0.343 e. The van der Waals surface area contributed by atoms with Crippen molar-refractivity contribution in [3.8, 4) is 22.9 Å². The van der Waals surface area contributed by atoms with Gasteiger partial charge in [0.2, 0.25) is 5.91 Å². The van der Waals surface area contributed by atoms with Crippen molar-refractivity contribution in [3.05, 3.63) is 81.6 Å². The van der Waals surface area contributed by atoms with Crippen LogP contribution in [0.2, 0.25) is 0 Å². The number of aromatic nitrogens is 2. The first kappa shape index (κ1) is 34.3. The maximum Gasteiger partial charge on any atom is 0.343 e. The standard InChI is InChI=1S/C38H40N8O7/c1-52-27-20-30-33(31(21-27)53-2)35(48)41-34(39-30)24-4-6-25(7-5-24)43-12-9-26(10-13-43)44-17-15-42(16-18-44)22-23-3-8-28-29(19-23)37(50)46(36(28)49)45-14-11-32(47)40-38(45)51/h3-8,19-21,26H,9-18,22H2,1-2H3,(H,39,41,48)(H,40,47,51). The molecule has 15 nitrogen and oxygen atoms in total. The molecular formula is C38H40N8O7. The van der Waals surface area contributed by atoms with Crippen LogP contribution in [0.5, 0.6) is 11.5 Å². The Kier molecular flexibility index (Phi) is 9.04. The summed E-state index contributed by atoms with van der Waals surface area (Å²) in [6.07, 6.45) is 2.14. The Hall–Kier alpha value is -5.80. The lowest BCUT2D eigenvalue weighted by atomic mass is 10.0. The minimum absolute atomic E-state index is 0.0215. The predicted octanol–water partition coefficient (Wildman–Crippen LogP) is 2.85. The number of piperazine rings is 1. The van der Waals surface area contributed by atoms with Crippen molar-refractivity contribution >= 4 is 40.3 Å². The molecule has 53 heavy (non-hydrogen) atoms. The summed E-state index contributed by atoms with van der Waals surface area (Å²) in [7, 11) is 3.08. The Balaban J connectivity index is 0.840. The molecule has 3 fully saturated rings. The van der Waals surface area contributed by atoms with E-state index in [9.17, 15) is 24.0 Å². The molecule has 0 unspecified atom stereocenters. The van der Waals surface area contributed by atoms with Gasteiger partial charge in [-0.1, -0.05) is 6.07 Å². The van der Waals surface area contributed by atoms with Crippen LogP contribution in [0.4, 0.5) is 10.5 Å². The molecule has 15 heteroatoms. The maximum absolute atomic E-state index is 13.2. The van der Waals surface area contributed by atoms with Crippen LogP contribution in [-0.2, 0) is 11.3 Å². The van der Waals surface area contributed by atoms with Gasteiger partial charge in [-0.15, -0.1) is 0 Å². The van der Waals surface area contributed by atoms with E-state index in [2.05, 4.69) is 37.1 Å². The number of amides is 5. The van der Waals surface area contributed by atoms with Gasteiger partial charge in [-0.2, -0.15) is 5.01 Å². The molecule has 1 aromatic heterocycles. The summed E-state index contributed by atoms with van der Waals surface area (Å²) >= 11 is 0. The molecule has 0 aliphatic carbocycles. The van der Waals surface area contributed by atoms with Crippen LogP contribution in [-0.4, -0.2) is 120 Å². The number of nitrogens with one attached hydrogen (secondary N) is 2. The van der Waals surface area contributed by atoms with E-state index in [-0.39, 0.29) is 29.7 Å². The lowest BCUT2D eigenvalue weighted by Crippen LogP contribution is -2.58. The van der Waals surface area contributed by atoms with E-state index in [1.165, 1.54) is 7.11 Å². The van der Waals surface area contributed by atoms with Gasteiger partial charge in [-0.3, -0.25) is 34.3 Å². The second-order valence-corrected chi connectivity index (χ2v) is 13.7. The fourth-order valence-electron chi connectivity index (χ4n) is 7.83. The summed E-state index contributed by atoms with van der Waals surface area (Å²) in [6.45, 7) is 6.21. The average molecular weight is 721 g/mol. The second kappa shape index (κ2) is 14.0. The average Bonchev–Trinajstić information content (AvgIpc) is 3.42. The fraction of sp³-hybridized carbons (Fsp3) is 0.368. The van der Waals surface area contributed by atoms with Crippen molar-refractivity contribution in [3.63, 3.8) is 0 Å². The van der Waals surface area contributed by atoms with Gasteiger partial charge in [-0.25, -0.2) is 14.8 Å². The third kappa shape index (κ3) is 6.46. The van der Waals surface area contributed by atoms with Crippen LogP contribution in [0, 0.1) is 0 Å². The van der Waals surface area contributed by atoms with E-state index >= 15 is 0 Å². The quantitative estimate of drug-likeness (QED) is 0.258. The number of aromatic amines is 1. The van der Waals surface area contributed by atoms with Gasteiger partial charge in [0.1, 0.15) is 22.7 Å². The highest BCUT2D eigenvalue weighted by Crippen LogP contribution is 2.31. The number of piperidine rings is 1. The van der Waals surface area contributed by atoms with E-state index < -0.39 is 23.8 Å². The number of ether oxygens (including phenoxy) is 2. The minimum Gasteiger partial charge on any atom is -0.497 e. The highest BCUT2D eigenvalue weighted by atomic mass is 16.5. The Morgan fingerprint density at radius 3 is 2.23 bits per heavy atom. The number of benzene rings is 3. The number of hydrogen-bond acceptors (Lipinski definition) is 11. The summed E-state index contributed by atoms with van der Waals surface area (Å²) in [5.74, 6) is -0.0821. The van der Waals surface area contributed by atoms with Crippen molar-refractivity contribution in [1.82, 2.24) is 35.1 Å². The van der Waals surface area contributed by atoms with Crippen molar-refractivity contribution in [2.24, 2.45) is 0 Å². The summed E-state index contributed by atoms with van der Waals surface area (Å²) in [5, 5.41) is 4.41. The van der Waals surface area contributed by atoms with Crippen LogP contribution in [0.3, 0.4) is 0 Å². The number of carbonyl (C=O) groups is 4. The second-order valence-electron chi connectivity index (χ2n) is 13.7. The zero-order valence-electron chi connectivity index (χ0n) is 29.6. The lowest BCUT2D eigenvalue weighted by molar-refractivity contribution is -0.122. The molecule has 8 rings (SSSR count). The van der Waals surface area contributed by atoms with Crippen LogP contribution in [0.25, 0.3) is 22.3 Å². The molecule has 274 valence electrons. The van der Waals surface area contributed by atoms with Crippen molar-refractivity contribution in [2.75, 3.05) is 64.9 Å². The number of methoxy groups -OCH3 is 2. The number of anilines is 1. The number of hydrazine groups is 1. The molecule has 0 bridgehead atoms. The zero-order chi connectivity index (χ0) is 36.8. The number of carbonyl (C=O) groups excluding carboxylic acids is 4. The SMILES string of the molecule is COc1cc(OC)c2c(=O)[nH]c(-c3ccc(N4CCC(N5CCN(Cc6ccc7c(c6)C(=O)N(N6CCC(=O)NC6=O)C7=O)CC5)CC4)cc3)nc2c1. The Labute approximate surface area is 305 Å². The first-order valence-electron chi connectivity index (χ1n) is 17.8. The summed E-state index contributed by atoms with van der Waals surface area (Å²) < 4.78 is 10.8. The van der Waals surface area contributed by atoms with Crippen LogP contribution < -0.4 is 25.2 Å². The van der Waals surface area contributed by atoms with Crippen molar-refractivity contribution in [1.29, 1.82) is 0 Å². The monoisotopic (exact) mass is 720 g/mol. The largest absolute Gasteiger partial charge is 0.497 e. The predicted molar refractivity (Wildman–Crippen MR) is 195 cm³/mol. The van der Waals surface area contributed by atoms with Gasteiger partial charge in [0.05, 0.1) is 37.4 Å². The Morgan fingerprint density at radius 1 is 0.792 bits per heavy atom. The molecule has 0 atom stereocenters. The summed E-state index contributed by atoms with van der Waals surface area (Å²) in [4.78, 5) is 78.1. The highest BCUT2D eigenvalue weighted by Gasteiger charge is 2.43. The fourth-order valence-corrected chi connectivity index (χ4v) is 7.83. The molecule has 5 amide bonds. The molecule has 4 aliphatic heterocycles. The van der Waals surface area contributed by atoms with Crippen molar-refractivity contribution < 1.29 is 28.7 Å². The van der Waals surface area contributed by atoms with Gasteiger partial charge in [0.15, 0.2) is 0 Å². The summed E-state index contributed by atoms with van der Waals surface area (Å²) in [6, 6.07) is 16.6. The number of hydrogen-bond donors (Lipinski definition) is 2. The maximum atomic E-state index is 13.2. The number of imide groups is 2. The normalized spacial score (nSPS) is 18.9. The Morgan fingerprint density at radius 2 is 1.53 bits per heavy atom. The van der Waals surface area contributed by atoms with Crippen molar-refractivity contribution in [2.45, 2.75) is 31.8 Å². The van der Waals surface area contributed by atoms with Gasteiger partial charge in [-0.05, 0) is 54.8 Å². The van der Waals surface area contributed by atoms with Crippen LogP contribution in [0.15, 0.2) is 59.4 Å². The minimum atomic E-state index is -0.771. The third-order valence-corrected chi connectivity index (χ3v) is 10.7. The van der Waals surface area contributed by atoms with E-state index in [4.69, 9.17) is 14.5 Å². The van der Waals surface area contributed by atoms with Gasteiger partial charge >= 0.3 is 6.03 Å². The number of fused-ring (bicyclic) bond motifs is 2. The van der Waals surface area contributed by atoms with Gasteiger partial charge in [0, 0.05) is 81.7 Å². The molecule has 0 saturated carbocycles. The Bertz CT molecular complexity index is 2170. The number of rotatable bonds is 8. The topological polar surface area (TPSA) is 161 Å². The number of H-pyrrole nitrogens is 1. The molecule has 4 aromatic rings. The molecule has 3 saturated heterocycles. The van der Waals surface area contributed by atoms with Gasteiger partial charge in [0.25, 0.3) is 17.4 Å². The number of nitrogens with zero attached hydrogens (tertiary/aromatic N) is 6. The molecule has 3 aromatic carbocycles. The molecule has 0 spiro atoms. The van der Waals surface area contributed by atoms with E-state index in [0.717, 1.165) is 78.9 Å². The first-order valence-corrected chi connectivity index (χ1v) is 17.8. The molecule has 2 N–H and O–H groups in total. The van der Waals surface area contributed by atoms with E-state index in [1.54, 1.807) is 31.4 Å². The van der Waals surface area contributed by atoms with Crippen LogP contribution >= 0.6 is 0 Å². The summed E-state index contributed by atoms with van der Waals surface area (Å²) in [5.41, 5.74) is 3.65. The molecule has 0 radical (unpaired) electrons. The highest BCUT2D eigenvalue weighted by molar-refractivity contribution is 6.22. The third-order valence-electron chi connectivity index (χ3n) is 10.7. The lowest BCUT2D eigenvalue weighted by Gasteiger charge is -2.43. The molecule has 4 aliphatic rings. The van der Waals surface area contributed by atoms with Gasteiger partial charge < -0.3 is 19.4 Å².